The van der Waals surface area contributed by atoms with Gasteiger partial charge in [-0.25, -0.2) is 4.98 Å². The fourth-order valence-electron chi connectivity index (χ4n) is 1.45. The molecule has 0 amide bonds. The van der Waals surface area contributed by atoms with Crippen LogP contribution in [0.15, 0.2) is 12.3 Å². The number of anilines is 1. The van der Waals surface area contributed by atoms with Gasteiger partial charge in [0.25, 0.3) is 0 Å². The molecule has 1 aromatic rings. The normalized spacial score (nSPS) is 14.9. The number of nitrogens with zero attached hydrogens (tertiary/aromatic N) is 1. The first-order valence-corrected chi connectivity index (χ1v) is 4.91. The number of pyridine rings is 1. The highest BCUT2D eigenvalue weighted by molar-refractivity contribution is 5.44. The van der Waals surface area contributed by atoms with Crippen molar-refractivity contribution in [3.8, 4) is 0 Å². The zero-order valence-corrected chi connectivity index (χ0v) is 9.45. The minimum absolute atomic E-state index is 0.377. The van der Waals surface area contributed by atoms with Crippen LogP contribution in [0.2, 0.25) is 0 Å². The molecule has 1 unspecified atom stereocenters. The molecule has 0 aliphatic carbocycles. The molecule has 1 aromatic heterocycles. The Bertz CT molecular complexity index is 337. The maximum atomic E-state index is 10.2. The number of methoxy groups -OCH3 is 1. The molecule has 1 heterocycles. The van der Waals surface area contributed by atoms with E-state index in [1.54, 1.807) is 20.2 Å². The van der Waals surface area contributed by atoms with Crippen LogP contribution in [0.3, 0.4) is 0 Å². The molecule has 0 fully saturated rings. The number of aromatic nitrogens is 1. The van der Waals surface area contributed by atoms with Crippen LogP contribution in [0.5, 0.6) is 0 Å². The van der Waals surface area contributed by atoms with E-state index in [1.165, 1.54) is 0 Å². The lowest BCUT2D eigenvalue weighted by Crippen LogP contribution is -2.25. The first-order chi connectivity index (χ1) is 6.97. The van der Waals surface area contributed by atoms with E-state index in [4.69, 9.17) is 10.5 Å². The number of aliphatic hydroxyl groups is 1. The smallest absolute Gasteiger partial charge is 0.129 e. The largest absolute Gasteiger partial charge is 0.385 e. The number of hydrogen-bond acceptors (Lipinski definition) is 4. The Morgan fingerprint density at radius 1 is 1.60 bits per heavy atom. The van der Waals surface area contributed by atoms with Crippen molar-refractivity contribution in [3.63, 3.8) is 0 Å². The predicted octanol–water partition coefficient (Wildman–Crippen LogP) is 1.22. The molecule has 15 heavy (non-hydrogen) atoms. The van der Waals surface area contributed by atoms with Crippen molar-refractivity contribution >= 4 is 5.82 Å². The van der Waals surface area contributed by atoms with Gasteiger partial charge in [0.2, 0.25) is 0 Å². The zero-order valence-electron chi connectivity index (χ0n) is 9.45. The minimum atomic E-state index is -0.987. The predicted molar refractivity (Wildman–Crippen MR) is 59.5 cm³/mol. The van der Waals surface area contributed by atoms with Gasteiger partial charge in [-0.2, -0.15) is 0 Å². The second-order valence-corrected chi connectivity index (χ2v) is 3.96. The summed E-state index contributed by atoms with van der Waals surface area (Å²) in [4.78, 5) is 4.03. The molecule has 4 heteroatoms. The van der Waals surface area contributed by atoms with Gasteiger partial charge in [-0.3, -0.25) is 0 Å². The summed E-state index contributed by atoms with van der Waals surface area (Å²) < 4.78 is 4.95. The highest BCUT2D eigenvalue weighted by Crippen LogP contribution is 2.28. The average molecular weight is 210 g/mol. The molecular weight excluding hydrogens is 192 g/mol. The van der Waals surface area contributed by atoms with Crippen molar-refractivity contribution in [1.29, 1.82) is 0 Å². The number of rotatable bonds is 4. The quantitative estimate of drug-likeness (QED) is 0.784. The summed E-state index contributed by atoms with van der Waals surface area (Å²) in [5.41, 5.74) is 6.40. The molecule has 0 saturated carbocycles. The monoisotopic (exact) mass is 210 g/mol. The fourth-order valence-corrected chi connectivity index (χ4v) is 1.45. The molecule has 0 aliphatic rings. The molecule has 0 radical (unpaired) electrons. The molecule has 0 bridgehead atoms. The number of aryl methyl sites for hydroxylation is 1. The van der Waals surface area contributed by atoms with Crippen molar-refractivity contribution in [2.75, 3.05) is 19.5 Å². The third-order valence-electron chi connectivity index (χ3n) is 2.43. The summed E-state index contributed by atoms with van der Waals surface area (Å²) in [6.45, 7) is 4.13. The summed E-state index contributed by atoms with van der Waals surface area (Å²) in [5, 5.41) is 10.2. The van der Waals surface area contributed by atoms with Gasteiger partial charge in [-0.15, -0.1) is 0 Å². The Morgan fingerprint density at radius 3 is 2.87 bits per heavy atom. The van der Waals surface area contributed by atoms with Crippen LogP contribution in [-0.4, -0.2) is 23.8 Å². The van der Waals surface area contributed by atoms with Crippen molar-refractivity contribution in [3.05, 3.63) is 23.4 Å². The van der Waals surface area contributed by atoms with Crippen LogP contribution in [0.1, 0.15) is 24.5 Å². The van der Waals surface area contributed by atoms with E-state index in [0.717, 1.165) is 5.56 Å². The van der Waals surface area contributed by atoms with Gasteiger partial charge in [0.15, 0.2) is 0 Å². The maximum absolute atomic E-state index is 10.2. The Labute approximate surface area is 90.1 Å². The maximum Gasteiger partial charge on any atom is 0.129 e. The van der Waals surface area contributed by atoms with E-state index in [0.29, 0.717) is 24.4 Å². The second-order valence-electron chi connectivity index (χ2n) is 3.96. The lowest BCUT2D eigenvalue weighted by Gasteiger charge is -2.24. The van der Waals surface area contributed by atoms with Crippen LogP contribution in [0, 0.1) is 6.92 Å². The van der Waals surface area contributed by atoms with Gasteiger partial charge in [-0.05, 0) is 25.5 Å². The van der Waals surface area contributed by atoms with E-state index in [2.05, 4.69) is 4.98 Å². The molecule has 1 atom stereocenters. The molecule has 0 aromatic carbocycles. The number of ether oxygens (including phenoxy) is 1. The Morgan fingerprint density at radius 2 is 2.27 bits per heavy atom. The van der Waals surface area contributed by atoms with Crippen LogP contribution in [-0.2, 0) is 10.3 Å². The van der Waals surface area contributed by atoms with Crippen molar-refractivity contribution in [1.82, 2.24) is 4.98 Å². The van der Waals surface area contributed by atoms with Gasteiger partial charge < -0.3 is 15.6 Å². The Kier molecular flexibility index (Phi) is 3.66. The van der Waals surface area contributed by atoms with E-state index in [1.807, 2.05) is 13.0 Å². The topological polar surface area (TPSA) is 68.4 Å². The van der Waals surface area contributed by atoms with Gasteiger partial charge in [0.1, 0.15) is 5.82 Å². The standard InChI is InChI=1S/C11H18N2O2/c1-8-6-9(10(12)13-7-8)11(2,14)4-5-15-3/h6-7,14H,4-5H2,1-3H3,(H2,12,13). The molecular formula is C11H18N2O2. The summed E-state index contributed by atoms with van der Waals surface area (Å²) in [5.74, 6) is 0.377. The molecule has 4 nitrogen and oxygen atoms in total. The van der Waals surface area contributed by atoms with E-state index < -0.39 is 5.60 Å². The summed E-state index contributed by atoms with van der Waals surface area (Å²) in [7, 11) is 1.61. The first-order valence-electron chi connectivity index (χ1n) is 4.91. The Balaban J connectivity index is 2.97. The SMILES string of the molecule is COCCC(C)(O)c1cc(C)cnc1N. The highest BCUT2D eigenvalue weighted by atomic mass is 16.5. The lowest BCUT2D eigenvalue weighted by molar-refractivity contribution is 0.0214. The summed E-state index contributed by atoms with van der Waals surface area (Å²) in [6, 6.07) is 1.86. The fraction of sp³-hybridized carbons (Fsp3) is 0.545. The summed E-state index contributed by atoms with van der Waals surface area (Å²) in [6.07, 6.45) is 2.18. The van der Waals surface area contributed by atoms with Gasteiger partial charge in [0.05, 0.1) is 5.60 Å². The van der Waals surface area contributed by atoms with Crippen LogP contribution < -0.4 is 5.73 Å². The summed E-state index contributed by atoms with van der Waals surface area (Å²) >= 11 is 0. The molecule has 0 spiro atoms. The van der Waals surface area contributed by atoms with Crippen LogP contribution in [0.4, 0.5) is 5.82 Å². The molecule has 0 aliphatic heterocycles. The molecule has 3 N–H and O–H groups in total. The zero-order chi connectivity index (χ0) is 11.5. The lowest BCUT2D eigenvalue weighted by atomic mass is 9.92. The van der Waals surface area contributed by atoms with Gasteiger partial charge in [-0.1, -0.05) is 0 Å². The molecule has 0 saturated heterocycles. The van der Waals surface area contributed by atoms with Crippen molar-refractivity contribution in [2.24, 2.45) is 0 Å². The van der Waals surface area contributed by atoms with Gasteiger partial charge >= 0.3 is 0 Å². The average Bonchev–Trinajstić information content (AvgIpc) is 2.18. The van der Waals surface area contributed by atoms with E-state index in [9.17, 15) is 5.11 Å². The minimum Gasteiger partial charge on any atom is -0.385 e. The molecule has 1 rings (SSSR count). The third-order valence-corrected chi connectivity index (χ3v) is 2.43. The number of nitrogens with two attached hydrogens (primary N) is 1. The second kappa shape index (κ2) is 4.59. The Hall–Kier alpha value is -1.13. The van der Waals surface area contributed by atoms with Crippen LogP contribution in [0.25, 0.3) is 0 Å². The van der Waals surface area contributed by atoms with Crippen LogP contribution >= 0.6 is 0 Å². The first kappa shape index (κ1) is 11.9. The number of hydrogen-bond donors (Lipinski definition) is 2. The number of nitrogen functional groups attached to an aromatic ring is 1. The van der Waals surface area contributed by atoms with Gasteiger partial charge in [0, 0.05) is 31.9 Å². The van der Waals surface area contributed by atoms with Crippen molar-refractivity contribution < 1.29 is 9.84 Å². The highest BCUT2D eigenvalue weighted by Gasteiger charge is 2.25. The third kappa shape index (κ3) is 2.91. The van der Waals surface area contributed by atoms with E-state index in [-0.39, 0.29) is 0 Å². The van der Waals surface area contributed by atoms with Crippen molar-refractivity contribution in [2.45, 2.75) is 25.9 Å². The molecule has 84 valence electrons. The van der Waals surface area contributed by atoms with E-state index >= 15 is 0 Å².